The molecular formula is C14H19ClN2O3. The fourth-order valence-corrected chi connectivity index (χ4v) is 2.98. The highest BCUT2D eigenvalue weighted by Gasteiger charge is 2.34. The lowest BCUT2D eigenvalue weighted by atomic mass is 10.0. The summed E-state index contributed by atoms with van der Waals surface area (Å²) < 4.78 is 1.81. The van der Waals surface area contributed by atoms with Gasteiger partial charge in [-0.15, -0.1) is 0 Å². The molecule has 1 amide bonds. The average molecular weight is 299 g/mol. The van der Waals surface area contributed by atoms with Gasteiger partial charge in [-0.05, 0) is 25.3 Å². The van der Waals surface area contributed by atoms with Crippen LogP contribution in [-0.2, 0) is 11.3 Å². The van der Waals surface area contributed by atoms with Crippen molar-refractivity contribution in [2.75, 3.05) is 0 Å². The van der Waals surface area contributed by atoms with Crippen LogP contribution >= 0.6 is 11.6 Å². The molecule has 1 saturated carbocycles. The number of nitrogens with one attached hydrogen (secondary N) is 1. The number of carbonyl (C=O) groups excluding carboxylic acids is 1. The first kappa shape index (κ1) is 14.9. The predicted molar refractivity (Wildman–Crippen MR) is 76.0 cm³/mol. The third-order valence-corrected chi connectivity index (χ3v) is 3.92. The molecule has 1 aliphatic carbocycles. The van der Waals surface area contributed by atoms with Gasteiger partial charge >= 0.3 is 5.97 Å². The Bertz CT molecular complexity index is 513. The quantitative estimate of drug-likeness (QED) is 0.877. The first-order valence-corrected chi connectivity index (χ1v) is 7.30. The third kappa shape index (κ3) is 3.15. The molecule has 5 nitrogen and oxygen atoms in total. The number of carboxylic acid groups (broad SMARTS) is 1. The van der Waals surface area contributed by atoms with Gasteiger partial charge in [-0.1, -0.05) is 24.9 Å². The Hall–Kier alpha value is -1.49. The molecule has 1 aliphatic rings. The van der Waals surface area contributed by atoms with Crippen molar-refractivity contribution < 1.29 is 14.7 Å². The van der Waals surface area contributed by atoms with Crippen LogP contribution in [0.15, 0.2) is 12.3 Å². The van der Waals surface area contributed by atoms with Crippen molar-refractivity contribution in [3.63, 3.8) is 0 Å². The number of hydrogen-bond acceptors (Lipinski definition) is 2. The molecule has 2 rings (SSSR count). The van der Waals surface area contributed by atoms with E-state index in [-0.39, 0.29) is 11.9 Å². The molecule has 0 saturated heterocycles. The van der Waals surface area contributed by atoms with E-state index in [0.29, 0.717) is 30.1 Å². The minimum Gasteiger partial charge on any atom is -0.481 e. The number of rotatable bonds is 5. The zero-order chi connectivity index (χ0) is 14.7. The highest BCUT2D eigenvalue weighted by Crippen LogP contribution is 2.26. The average Bonchev–Trinajstić information content (AvgIpc) is 2.96. The van der Waals surface area contributed by atoms with E-state index in [4.69, 9.17) is 16.7 Å². The minimum absolute atomic E-state index is 0.247. The van der Waals surface area contributed by atoms with E-state index < -0.39 is 11.9 Å². The number of hydrogen-bond donors (Lipinski definition) is 2. The van der Waals surface area contributed by atoms with Crippen molar-refractivity contribution in [2.45, 2.75) is 45.2 Å². The normalized spacial score (nSPS) is 21.9. The Morgan fingerprint density at radius 2 is 2.25 bits per heavy atom. The molecule has 0 aromatic carbocycles. The van der Waals surface area contributed by atoms with Crippen molar-refractivity contribution in [3.8, 4) is 0 Å². The zero-order valence-electron chi connectivity index (χ0n) is 11.4. The maximum atomic E-state index is 12.3. The summed E-state index contributed by atoms with van der Waals surface area (Å²) in [6.45, 7) is 2.73. The maximum Gasteiger partial charge on any atom is 0.308 e. The molecule has 1 fully saturated rings. The van der Waals surface area contributed by atoms with Crippen LogP contribution in [0.1, 0.15) is 43.1 Å². The smallest absolute Gasteiger partial charge is 0.308 e. The molecular weight excluding hydrogens is 280 g/mol. The number of nitrogens with zero attached hydrogens (tertiary/aromatic N) is 1. The molecule has 2 N–H and O–H groups in total. The Labute approximate surface area is 122 Å². The first-order valence-electron chi connectivity index (χ1n) is 6.92. The molecule has 0 radical (unpaired) electrons. The van der Waals surface area contributed by atoms with Gasteiger partial charge in [-0.3, -0.25) is 9.59 Å². The standard InChI is InChI=1S/C14H19ClN2O3/c1-2-6-17-8-9(15)7-12(17)13(18)16-11-5-3-4-10(11)14(19)20/h7-8,10-11H,2-6H2,1H3,(H,16,18)(H,19,20). The van der Waals surface area contributed by atoms with Crippen molar-refractivity contribution in [1.82, 2.24) is 9.88 Å². The predicted octanol–water partition coefficient (Wildman–Crippen LogP) is 2.53. The lowest BCUT2D eigenvalue weighted by Crippen LogP contribution is -2.40. The Morgan fingerprint density at radius 1 is 1.50 bits per heavy atom. The maximum absolute atomic E-state index is 12.3. The highest BCUT2D eigenvalue weighted by atomic mass is 35.5. The fourth-order valence-electron chi connectivity index (χ4n) is 2.76. The highest BCUT2D eigenvalue weighted by molar-refractivity contribution is 6.31. The van der Waals surface area contributed by atoms with Gasteiger partial charge in [0.05, 0.1) is 10.9 Å². The summed E-state index contributed by atoms with van der Waals surface area (Å²) in [4.78, 5) is 23.4. The van der Waals surface area contributed by atoms with Crippen LogP contribution in [0.3, 0.4) is 0 Å². The van der Waals surface area contributed by atoms with Crippen LogP contribution in [-0.4, -0.2) is 27.6 Å². The summed E-state index contributed by atoms with van der Waals surface area (Å²) in [7, 11) is 0. The van der Waals surface area contributed by atoms with Gasteiger partial charge < -0.3 is 15.0 Å². The number of amides is 1. The van der Waals surface area contributed by atoms with Crippen LogP contribution in [0.25, 0.3) is 0 Å². The topological polar surface area (TPSA) is 71.3 Å². The second kappa shape index (κ2) is 6.31. The van der Waals surface area contributed by atoms with E-state index in [1.807, 2.05) is 11.5 Å². The summed E-state index contributed by atoms with van der Waals surface area (Å²) in [5.41, 5.74) is 0.493. The molecule has 0 bridgehead atoms. The molecule has 1 aromatic heterocycles. The lowest BCUT2D eigenvalue weighted by Gasteiger charge is -2.18. The largest absolute Gasteiger partial charge is 0.481 e. The van der Waals surface area contributed by atoms with E-state index >= 15 is 0 Å². The molecule has 20 heavy (non-hydrogen) atoms. The number of carboxylic acids is 1. The van der Waals surface area contributed by atoms with E-state index in [1.54, 1.807) is 12.3 Å². The second-order valence-corrected chi connectivity index (χ2v) is 5.63. The van der Waals surface area contributed by atoms with Crippen molar-refractivity contribution in [2.24, 2.45) is 5.92 Å². The summed E-state index contributed by atoms with van der Waals surface area (Å²) in [5, 5.41) is 12.5. The molecule has 0 aliphatic heterocycles. The van der Waals surface area contributed by atoms with Gasteiger partial charge in [0.2, 0.25) is 0 Å². The van der Waals surface area contributed by atoms with Crippen molar-refractivity contribution >= 4 is 23.5 Å². The molecule has 0 spiro atoms. The van der Waals surface area contributed by atoms with Crippen molar-refractivity contribution in [1.29, 1.82) is 0 Å². The van der Waals surface area contributed by atoms with Gasteiger partial charge in [0, 0.05) is 18.8 Å². The number of aromatic nitrogens is 1. The Balaban J connectivity index is 2.10. The van der Waals surface area contributed by atoms with E-state index in [0.717, 1.165) is 12.8 Å². The fraction of sp³-hybridized carbons (Fsp3) is 0.571. The molecule has 6 heteroatoms. The third-order valence-electron chi connectivity index (χ3n) is 3.71. The Kier molecular flexibility index (Phi) is 4.70. The number of carbonyl (C=O) groups is 2. The van der Waals surface area contributed by atoms with E-state index in [2.05, 4.69) is 5.32 Å². The van der Waals surface area contributed by atoms with Gasteiger partial charge in [-0.25, -0.2) is 0 Å². The second-order valence-electron chi connectivity index (χ2n) is 5.19. The van der Waals surface area contributed by atoms with Crippen LogP contribution in [0, 0.1) is 5.92 Å². The van der Waals surface area contributed by atoms with Gasteiger partial charge in [0.25, 0.3) is 5.91 Å². The molecule has 2 atom stereocenters. The minimum atomic E-state index is -0.838. The van der Waals surface area contributed by atoms with Crippen molar-refractivity contribution in [3.05, 3.63) is 23.0 Å². The van der Waals surface area contributed by atoms with Gasteiger partial charge in [0.15, 0.2) is 0 Å². The Morgan fingerprint density at radius 3 is 2.90 bits per heavy atom. The van der Waals surface area contributed by atoms with E-state index in [1.165, 1.54) is 0 Å². The number of aliphatic carboxylic acids is 1. The zero-order valence-corrected chi connectivity index (χ0v) is 12.2. The number of halogens is 1. The lowest BCUT2D eigenvalue weighted by molar-refractivity contribution is -0.142. The first-order chi connectivity index (χ1) is 9.52. The van der Waals surface area contributed by atoms with Gasteiger partial charge in [0.1, 0.15) is 5.69 Å². The summed E-state index contributed by atoms with van der Waals surface area (Å²) in [5.74, 6) is -1.57. The SMILES string of the molecule is CCCn1cc(Cl)cc1C(=O)NC1CCCC1C(=O)O. The van der Waals surface area contributed by atoms with Crippen LogP contribution < -0.4 is 5.32 Å². The van der Waals surface area contributed by atoms with Crippen LogP contribution in [0.2, 0.25) is 5.02 Å². The number of aryl methyl sites for hydroxylation is 1. The molecule has 2 unspecified atom stereocenters. The molecule has 110 valence electrons. The summed E-state index contributed by atoms with van der Waals surface area (Å²) in [6.07, 6.45) is 4.79. The molecule has 1 aromatic rings. The summed E-state index contributed by atoms with van der Waals surface area (Å²) in [6, 6.07) is 1.33. The van der Waals surface area contributed by atoms with E-state index in [9.17, 15) is 9.59 Å². The monoisotopic (exact) mass is 298 g/mol. The summed E-state index contributed by atoms with van der Waals surface area (Å²) >= 11 is 5.95. The van der Waals surface area contributed by atoms with Crippen LogP contribution in [0.4, 0.5) is 0 Å². The van der Waals surface area contributed by atoms with Gasteiger partial charge in [-0.2, -0.15) is 0 Å². The van der Waals surface area contributed by atoms with Crippen LogP contribution in [0.5, 0.6) is 0 Å². The molecule has 1 heterocycles.